The number of Topliss-reactive ketones (excluding diaryl/α,β-unsaturated/α-hetero) is 2. The van der Waals surface area contributed by atoms with Crippen LogP contribution in [0.25, 0.3) is 0 Å². The number of nitro groups is 1. The molecule has 1 aromatic rings. The van der Waals surface area contributed by atoms with Gasteiger partial charge in [0.25, 0.3) is 5.69 Å². The van der Waals surface area contributed by atoms with Crippen molar-refractivity contribution < 1.29 is 24.0 Å². The number of ether oxygens (including phenoxy) is 1. The van der Waals surface area contributed by atoms with Gasteiger partial charge in [-0.05, 0) is 51.4 Å². The number of nitro benzene ring substituents is 1. The smallest absolute Gasteiger partial charge is 0.316 e. The van der Waals surface area contributed by atoms with Crippen LogP contribution in [0.2, 0.25) is 5.02 Å². The summed E-state index contributed by atoms with van der Waals surface area (Å²) in [6, 6.07) is 3.16. The van der Waals surface area contributed by atoms with Crippen LogP contribution >= 0.6 is 24.0 Å². The van der Waals surface area contributed by atoms with Crippen molar-refractivity contribution in [3.05, 3.63) is 38.9 Å². The van der Waals surface area contributed by atoms with Crippen molar-refractivity contribution in [3.63, 3.8) is 0 Å². The molecule has 0 amide bonds. The summed E-state index contributed by atoms with van der Waals surface area (Å²) in [5, 5.41) is 11.0. The molecule has 10 heteroatoms. The number of hydrogen-bond donors (Lipinski definition) is 0. The minimum Gasteiger partial charge on any atom is -0.465 e. The molecule has 29 heavy (non-hydrogen) atoms. The monoisotopic (exact) mass is 444 g/mol. The minimum absolute atomic E-state index is 0. The van der Waals surface area contributed by atoms with Crippen LogP contribution in [0.4, 0.5) is 5.69 Å². The highest BCUT2D eigenvalue weighted by molar-refractivity contribution is 6.32. The summed E-state index contributed by atoms with van der Waals surface area (Å²) in [7, 11) is 0. The normalized spacial score (nSPS) is 23.8. The van der Waals surface area contributed by atoms with Gasteiger partial charge >= 0.3 is 5.97 Å². The lowest BCUT2D eigenvalue weighted by Crippen LogP contribution is -2.56. The van der Waals surface area contributed by atoms with E-state index in [0.29, 0.717) is 0 Å². The largest absolute Gasteiger partial charge is 0.465 e. The zero-order valence-corrected chi connectivity index (χ0v) is 17.4. The SMILES string of the molecule is CCOC(=O)C(CC1C(=O)C2CCN1CC2)C(=O)c1ccc(Cl)c([N+](=O)[O-])c1.Cl. The Morgan fingerprint density at radius 1 is 1.34 bits per heavy atom. The number of piperidine rings is 3. The molecule has 1 aromatic carbocycles. The lowest BCUT2D eigenvalue weighted by molar-refractivity contribution is -0.384. The van der Waals surface area contributed by atoms with E-state index in [0.717, 1.165) is 32.0 Å². The lowest BCUT2D eigenvalue weighted by Gasteiger charge is -2.44. The van der Waals surface area contributed by atoms with Crippen molar-refractivity contribution in [2.75, 3.05) is 19.7 Å². The van der Waals surface area contributed by atoms with Crippen LogP contribution in [0.3, 0.4) is 0 Å². The van der Waals surface area contributed by atoms with E-state index in [4.69, 9.17) is 16.3 Å². The number of hydrogen-bond acceptors (Lipinski definition) is 7. The summed E-state index contributed by atoms with van der Waals surface area (Å²) in [4.78, 5) is 50.6. The maximum Gasteiger partial charge on any atom is 0.316 e. The molecule has 3 heterocycles. The Bertz CT molecular complexity index is 823. The first kappa shape index (κ1) is 23.3. The number of carbonyl (C=O) groups excluding carboxylic acids is 3. The number of nitrogens with zero attached hydrogens (tertiary/aromatic N) is 2. The summed E-state index contributed by atoms with van der Waals surface area (Å²) in [6.07, 6.45) is 1.62. The molecule has 2 atom stereocenters. The maximum atomic E-state index is 13.0. The fourth-order valence-electron chi connectivity index (χ4n) is 4.00. The molecule has 3 fully saturated rings. The molecular formula is C19H22Cl2N2O6. The Morgan fingerprint density at radius 3 is 2.55 bits per heavy atom. The van der Waals surface area contributed by atoms with Crippen molar-refractivity contribution in [2.45, 2.75) is 32.2 Å². The summed E-state index contributed by atoms with van der Waals surface area (Å²) in [5.74, 6) is -2.49. The van der Waals surface area contributed by atoms with Crippen LogP contribution in [-0.2, 0) is 14.3 Å². The Morgan fingerprint density at radius 2 is 2.00 bits per heavy atom. The summed E-state index contributed by atoms with van der Waals surface area (Å²) >= 11 is 5.81. The van der Waals surface area contributed by atoms with Crippen molar-refractivity contribution in [1.29, 1.82) is 0 Å². The second-order valence-corrected chi connectivity index (χ2v) is 7.46. The highest BCUT2D eigenvalue weighted by atomic mass is 35.5. The fourth-order valence-corrected chi connectivity index (χ4v) is 4.18. The van der Waals surface area contributed by atoms with E-state index in [1.54, 1.807) is 6.92 Å². The molecule has 8 nitrogen and oxygen atoms in total. The van der Waals surface area contributed by atoms with Crippen LogP contribution in [0.5, 0.6) is 0 Å². The molecule has 0 aliphatic carbocycles. The quantitative estimate of drug-likeness (QED) is 0.209. The predicted molar refractivity (Wildman–Crippen MR) is 108 cm³/mol. The van der Waals surface area contributed by atoms with Gasteiger partial charge in [-0.25, -0.2) is 0 Å². The van der Waals surface area contributed by atoms with Crippen LogP contribution in [0.15, 0.2) is 18.2 Å². The number of benzene rings is 1. The Labute approximate surface area is 179 Å². The van der Waals surface area contributed by atoms with Gasteiger partial charge in [-0.15, -0.1) is 12.4 Å². The molecule has 0 N–H and O–H groups in total. The highest BCUT2D eigenvalue weighted by Crippen LogP contribution is 2.33. The van der Waals surface area contributed by atoms with E-state index >= 15 is 0 Å². The first-order chi connectivity index (χ1) is 13.3. The van der Waals surface area contributed by atoms with Crippen LogP contribution in [0.1, 0.15) is 36.5 Å². The zero-order valence-electron chi connectivity index (χ0n) is 15.8. The molecule has 3 aliphatic heterocycles. The topological polar surface area (TPSA) is 107 Å². The Balaban J connectivity index is 0.00000300. The number of esters is 1. The third-order valence-corrected chi connectivity index (χ3v) is 5.79. The molecule has 158 valence electrons. The van der Waals surface area contributed by atoms with Gasteiger partial charge in [-0.2, -0.15) is 0 Å². The number of halogens is 2. The third kappa shape index (κ3) is 4.76. The van der Waals surface area contributed by atoms with Gasteiger partial charge in [0.2, 0.25) is 0 Å². The first-order valence-corrected chi connectivity index (χ1v) is 9.63. The van der Waals surface area contributed by atoms with Gasteiger partial charge < -0.3 is 4.74 Å². The molecule has 0 aromatic heterocycles. The van der Waals surface area contributed by atoms with E-state index in [9.17, 15) is 24.5 Å². The van der Waals surface area contributed by atoms with Crippen molar-refractivity contribution in [1.82, 2.24) is 4.90 Å². The standard InChI is InChI=1S/C19H21ClN2O6.ClH/c1-2-28-19(25)13(10-16-18(24)11-5-7-21(16)8-6-11)17(23)12-3-4-14(20)15(9-12)22(26)27;/h3-4,9,11,13,16H,2,5-8,10H2,1H3;1H. The predicted octanol–water partition coefficient (Wildman–Crippen LogP) is 3.09. The molecular weight excluding hydrogens is 423 g/mol. The van der Waals surface area contributed by atoms with Gasteiger partial charge in [0.15, 0.2) is 11.6 Å². The number of rotatable bonds is 7. The van der Waals surface area contributed by atoms with E-state index in [1.165, 1.54) is 12.1 Å². The molecule has 0 radical (unpaired) electrons. The van der Waals surface area contributed by atoms with Crippen molar-refractivity contribution in [3.8, 4) is 0 Å². The van der Waals surface area contributed by atoms with Crippen LogP contribution < -0.4 is 0 Å². The maximum absolute atomic E-state index is 13.0. The molecule has 0 saturated carbocycles. The van der Waals surface area contributed by atoms with E-state index in [1.807, 2.05) is 4.90 Å². The van der Waals surface area contributed by atoms with Gasteiger partial charge in [0, 0.05) is 17.5 Å². The second-order valence-electron chi connectivity index (χ2n) is 7.06. The highest BCUT2D eigenvalue weighted by Gasteiger charge is 2.44. The van der Waals surface area contributed by atoms with Gasteiger partial charge in [-0.1, -0.05) is 11.6 Å². The summed E-state index contributed by atoms with van der Waals surface area (Å²) in [5.41, 5.74) is -0.413. The summed E-state index contributed by atoms with van der Waals surface area (Å²) < 4.78 is 5.06. The molecule has 0 spiro atoms. The third-order valence-electron chi connectivity index (χ3n) is 5.48. The number of fused-ring (bicyclic) bond motifs is 3. The van der Waals surface area contributed by atoms with Crippen molar-refractivity contribution >= 4 is 47.2 Å². The van der Waals surface area contributed by atoms with Crippen LogP contribution in [0, 0.1) is 22.0 Å². The second kappa shape index (κ2) is 9.65. The van der Waals surface area contributed by atoms with E-state index in [-0.39, 0.29) is 47.7 Å². The van der Waals surface area contributed by atoms with E-state index < -0.39 is 34.3 Å². The number of ketones is 2. The fraction of sp³-hybridized carbons (Fsp3) is 0.526. The molecule has 2 bridgehead atoms. The Hall–Kier alpha value is -2.03. The van der Waals surface area contributed by atoms with Crippen molar-refractivity contribution in [2.24, 2.45) is 11.8 Å². The number of carbonyl (C=O) groups is 3. The Kier molecular flexibility index (Phi) is 7.73. The summed E-state index contributed by atoms with van der Waals surface area (Å²) in [6.45, 7) is 3.24. The van der Waals surface area contributed by atoms with Crippen LogP contribution in [-0.4, -0.2) is 53.1 Å². The zero-order chi connectivity index (χ0) is 20.4. The van der Waals surface area contributed by atoms with Gasteiger partial charge in [-0.3, -0.25) is 29.4 Å². The molecule has 2 unspecified atom stereocenters. The molecule has 4 rings (SSSR count). The van der Waals surface area contributed by atoms with Gasteiger partial charge in [0.05, 0.1) is 17.6 Å². The van der Waals surface area contributed by atoms with Gasteiger partial charge in [0.1, 0.15) is 10.9 Å². The average molecular weight is 445 g/mol. The average Bonchev–Trinajstić information content (AvgIpc) is 2.68. The molecule has 3 saturated heterocycles. The first-order valence-electron chi connectivity index (χ1n) is 9.26. The molecule has 3 aliphatic rings. The lowest BCUT2D eigenvalue weighted by atomic mass is 9.78. The minimum atomic E-state index is -1.20. The van der Waals surface area contributed by atoms with E-state index in [2.05, 4.69) is 0 Å².